The zero-order valence-electron chi connectivity index (χ0n) is 20.2. The molecule has 1 N–H and O–H groups in total. The van der Waals surface area contributed by atoms with Crippen LogP contribution in [0.1, 0.15) is 47.8 Å². The fraction of sp³-hybridized carbons (Fsp3) is 0.375. The number of fused-ring (bicyclic) bond motifs is 14. The number of aliphatic hydroxyl groups is 1. The summed E-state index contributed by atoms with van der Waals surface area (Å²) in [6.45, 7) is 0. The Bertz CT molecular complexity index is 1440. The Kier molecular flexibility index (Phi) is 3.92. The molecule has 0 amide bonds. The van der Waals surface area contributed by atoms with Gasteiger partial charge in [0.25, 0.3) is 0 Å². The van der Waals surface area contributed by atoms with E-state index in [-0.39, 0.29) is 11.8 Å². The van der Waals surface area contributed by atoms with Crippen LogP contribution in [-0.4, -0.2) is 19.3 Å². The molecule has 0 radical (unpaired) electrons. The van der Waals surface area contributed by atoms with Crippen LogP contribution in [0.2, 0.25) is 0 Å². The van der Waals surface area contributed by atoms with Crippen LogP contribution in [0.3, 0.4) is 0 Å². The smallest absolute Gasteiger partial charge is 0.130 e. The largest absolute Gasteiger partial charge is 0.496 e. The Hall–Kier alpha value is -3.04. The topological polar surface area (TPSA) is 38.7 Å². The number of hydrogen-bond acceptors (Lipinski definition) is 3. The average Bonchev–Trinajstić information content (AvgIpc) is 3.63. The van der Waals surface area contributed by atoms with E-state index in [1.54, 1.807) is 0 Å². The van der Waals surface area contributed by atoms with Crippen molar-refractivity contribution < 1.29 is 14.6 Å². The van der Waals surface area contributed by atoms with E-state index in [4.69, 9.17) is 9.47 Å². The fourth-order valence-corrected chi connectivity index (χ4v) is 9.45. The van der Waals surface area contributed by atoms with E-state index < -0.39 is 5.60 Å². The minimum Gasteiger partial charge on any atom is -0.496 e. The maximum Gasteiger partial charge on any atom is 0.130 e. The van der Waals surface area contributed by atoms with E-state index in [0.29, 0.717) is 23.7 Å². The Morgan fingerprint density at radius 3 is 1.77 bits per heavy atom. The third kappa shape index (κ3) is 2.23. The van der Waals surface area contributed by atoms with E-state index in [2.05, 4.69) is 66.7 Å². The fourth-order valence-electron chi connectivity index (χ4n) is 9.45. The lowest BCUT2D eigenvalue weighted by atomic mass is 9.68. The molecular formula is C32H30O3. The van der Waals surface area contributed by atoms with Gasteiger partial charge in [-0.05, 0) is 71.1 Å². The first-order chi connectivity index (χ1) is 17.2. The summed E-state index contributed by atoms with van der Waals surface area (Å²) in [5.74, 6) is 4.46. The molecule has 0 saturated heterocycles. The molecule has 7 atom stereocenters. The van der Waals surface area contributed by atoms with E-state index in [1.807, 2.05) is 14.2 Å². The number of rotatable bonds is 3. The monoisotopic (exact) mass is 462 g/mol. The molecule has 4 bridgehead atoms. The van der Waals surface area contributed by atoms with Gasteiger partial charge in [0.15, 0.2) is 0 Å². The maximum absolute atomic E-state index is 12.7. The van der Waals surface area contributed by atoms with Crippen molar-refractivity contribution in [3.63, 3.8) is 0 Å². The summed E-state index contributed by atoms with van der Waals surface area (Å²) in [7, 11) is 3.62. The molecule has 1 unspecified atom stereocenters. The first-order valence-electron chi connectivity index (χ1n) is 13.1. The maximum atomic E-state index is 12.7. The molecule has 4 aromatic carbocycles. The summed E-state index contributed by atoms with van der Waals surface area (Å²) in [5.41, 5.74) is 3.10. The number of hydrogen-bond donors (Lipinski definition) is 1. The van der Waals surface area contributed by atoms with Crippen LogP contribution in [0.5, 0.6) is 11.5 Å². The molecule has 0 spiro atoms. The third-order valence-corrected chi connectivity index (χ3v) is 10.3. The van der Waals surface area contributed by atoms with E-state index in [1.165, 1.54) is 21.9 Å². The van der Waals surface area contributed by atoms with Gasteiger partial charge < -0.3 is 14.6 Å². The minimum absolute atomic E-state index is 0.286. The third-order valence-electron chi connectivity index (χ3n) is 10.3. The van der Waals surface area contributed by atoms with Crippen molar-refractivity contribution in [1.82, 2.24) is 0 Å². The summed E-state index contributed by atoms with van der Waals surface area (Å²) < 4.78 is 12.3. The highest BCUT2D eigenvalue weighted by Crippen LogP contribution is 2.78. The second-order valence-corrected chi connectivity index (χ2v) is 11.2. The van der Waals surface area contributed by atoms with Crippen LogP contribution >= 0.6 is 0 Å². The van der Waals surface area contributed by atoms with Crippen molar-refractivity contribution in [3.05, 3.63) is 83.4 Å². The Labute approximate surface area is 205 Å². The summed E-state index contributed by atoms with van der Waals surface area (Å²) in [6, 6.07) is 23.5. The highest BCUT2D eigenvalue weighted by Gasteiger charge is 2.72. The van der Waals surface area contributed by atoms with Crippen LogP contribution in [0.15, 0.2) is 66.7 Å². The minimum atomic E-state index is -0.769. The van der Waals surface area contributed by atoms with Gasteiger partial charge >= 0.3 is 0 Å². The van der Waals surface area contributed by atoms with Crippen molar-refractivity contribution >= 4 is 21.5 Å². The molecule has 4 aliphatic carbocycles. The first kappa shape index (κ1) is 20.2. The van der Waals surface area contributed by atoms with Gasteiger partial charge in [0.1, 0.15) is 11.5 Å². The van der Waals surface area contributed by atoms with Crippen LogP contribution < -0.4 is 9.47 Å². The van der Waals surface area contributed by atoms with Crippen molar-refractivity contribution in [2.75, 3.05) is 14.2 Å². The average molecular weight is 463 g/mol. The van der Waals surface area contributed by atoms with Gasteiger partial charge in [-0.2, -0.15) is 0 Å². The van der Waals surface area contributed by atoms with Gasteiger partial charge in [0, 0.05) is 21.9 Å². The normalized spacial score (nSPS) is 33.9. The molecular weight excluding hydrogens is 432 g/mol. The molecule has 3 fully saturated rings. The van der Waals surface area contributed by atoms with Crippen LogP contribution in [0.25, 0.3) is 21.5 Å². The predicted octanol–water partition coefficient (Wildman–Crippen LogP) is 6.75. The zero-order chi connectivity index (χ0) is 23.5. The van der Waals surface area contributed by atoms with E-state index in [0.717, 1.165) is 47.1 Å². The molecule has 0 aromatic heterocycles. The van der Waals surface area contributed by atoms with Crippen LogP contribution in [0.4, 0.5) is 0 Å². The molecule has 3 nitrogen and oxygen atoms in total. The summed E-state index contributed by atoms with van der Waals surface area (Å²) in [5, 5.41) is 17.4. The van der Waals surface area contributed by atoms with Gasteiger partial charge in [-0.3, -0.25) is 0 Å². The highest BCUT2D eigenvalue weighted by molar-refractivity contribution is 5.97. The van der Waals surface area contributed by atoms with Gasteiger partial charge in [0.2, 0.25) is 0 Å². The lowest BCUT2D eigenvalue weighted by Gasteiger charge is -2.37. The molecule has 0 heterocycles. The van der Waals surface area contributed by atoms with Crippen molar-refractivity contribution in [2.24, 2.45) is 23.7 Å². The Morgan fingerprint density at radius 1 is 0.686 bits per heavy atom. The van der Waals surface area contributed by atoms with E-state index >= 15 is 0 Å². The Morgan fingerprint density at radius 2 is 1.20 bits per heavy atom. The van der Waals surface area contributed by atoms with Crippen molar-refractivity contribution in [2.45, 2.75) is 36.7 Å². The van der Waals surface area contributed by atoms with Crippen LogP contribution in [0, 0.1) is 23.7 Å². The van der Waals surface area contributed by atoms with Gasteiger partial charge in [-0.1, -0.05) is 66.7 Å². The van der Waals surface area contributed by atoms with Crippen molar-refractivity contribution in [3.8, 4) is 11.5 Å². The molecule has 4 aromatic rings. The predicted molar refractivity (Wildman–Crippen MR) is 138 cm³/mol. The van der Waals surface area contributed by atoms with Crippen LogP contribution in [-0.2, 0) is 5.60 Å². The standard InChI is InChI=1S/C32H30O3/c1-34-30-19-11-5-6-12-20(19)31(35-2)29-22-16-21(28(29)30)26-24-14-15-25(27(22)26)32(24,33)23-13-7-9-17-8-3-4-10-18(17)23/h3-13,21-22,24-27,33H,14-16H2,1-2H3/t21-,22+,24+,25-,26-,27+,32?. The number of methoxy groups -OCH3 is 2. The van der Waals surface area contributed by atoms with Gasteiger partial charge in [-0.15, -0.1) is 0 Å². The summed E-state index contributed by atoms with van der Waals surface area (Å²) >= 11 is 0. The second-order valence-electron chi connectivity index (χ2n) is 11.2. The molecule has 3 saturated carbocycles. The number of benzene rings is 4. The molecule has 0 aliphatic heterocycles. The van der Waals surface area contributed by atoms with Gasteiger partial charge in [-0.25, -0.2) is 0 Å². The summed E-state index contributed by atoms with van der Waals surface area (Å²) in [4.78, 5) is 0. The molecule has 4 aliphatic rings. The number of ether oxygens (including phenoxy) is 2. The lowest BCUT2D eigenvalue weighted by Crippen LogP contribution is -2.34. The van der Waals surface area contributed by atoms with Crippen molar-refractivity contribution in [1.29, 1.82) is 0 Å². The van der Waals surface area contributed by atoms with Gasteiger partial charge in [0.05, 0.1) is 19.8 Å². The Balaban J connectivity index is 1.35. The zero-order valence-corrected chi connectivity index (χ0v) is 20.2. The summed E-state index contributed by atoms with van der Waals surface area (Å²) in [6.07, 6.45) is 3.38. The second kappa shape index (κ2) is 6.79. The highest BCUT2D eigenvalue weighted by atomic mass is 16.5. The SMILES string of the molecule is COc1c2c(c(OC)c3ccccc13)[C@@H]1C[C@H]2[C@@H]2[C@H]1[C@@H]1CC[C@H]2C1(O)c1cccc2ccccc12. The molecule has 176 valence electrons. The molecule has 35 heavy (non-hydrogen) atoms. The van der Waals surface area contributed by atoms with E-state index in [9.17, 15) is 5.11 Å². The quantitative estimate of drug-likeness (QED) is 0.342. The molecule has 8 rings (SSSR count). The first-order valence-corrected chi connectivity index (χ1v) is 13.1. The molecule has 3 heteroatoms. The lowest BCUT2D eigenvalue weighted by molar-refractivity contribution is -0.0217.